The van der Waals surface area contributed by atoms with Gasteiger partial charge in [0.25, 0.3) is 11.4 Å². The van der Waals surface area contributed by atoms with Crippen molar-refractivity contribution < 1.29 is 5.11 Å². The molecular formula is C20H16ClN3O3. The van der Waals surface area contributed by atoms with Gasteiger partial charge in [-0.05, 0) is 37.1 Å². The van der Waals surface area contributed by atoms with Crippen molar-refractivity contribution in [3.8, 4) is 5.88 Å². The number of aromatic amines is 1. The second-order valence-electron chi connectivity index (χ2n) is 6.51. The number of H-pyrrole nitrogens is 1. The second-order valence-corrected chi connectivity index (χ2v) is 6.94. The average molecular weight is 382 g/mol. The van der Waals surface area contributed by atoms with Gasteiger partial charge in [0.1, 0.15) is 10.9 Å². The Morgan fingerprint density at radius 3 is 2.67 bits per heavy atom. The minimum atomic E-state index is -0.538. The molecule has 2 N–H and O–H groups in total. The molecule has 0 aliphatic carbocycles. The molecule has 0 saturated heterocycles. The molecule has 0 saturated carbocycles. The first-order chi connectivity index (χ1) is 13.0. The Hall–Kier alpha value is -3.12. The summed E-state index contributed by atoms with van der Waals surface area (Å²) in [5.41, 5.74) is 0.484. The van der Waals surface area contributed by atoms with Gasteiger partial charge in [0.05, 0.1) is 11.6 Å². The van der Waals surface area contributed by atoms with E-state index in [1.54, 1.807) is 18.2 Å². The highest BCUT2D eigenvalue weighted by atomic mass is 35.5. The fourth-order valence-corrected chi connectivity index (χ4v) is 3.46. The van der Waals surface area contributed by atoms with Crippen LogP contribution in [0.4, 0.5) is 0 Å². The molecule has 6 nitrogen and oxygen atoms in total. The first kappa shape index (κ1) is 17.3. The van der Waals surface area contributed by atoms with Gasteiger partial charge in [0.15, 0.2) is 0 Å². The molecule has 0 spiro atoms. The summed E-state index contributed by atoms with van der Waals surface area (Å²) in [4.78, 5) is 28.8. The van der Waals surface area contributed by atoms with E-state index in [4.69, 9.17) is 11.6 Å². The van der Waals surface area contributed by atoms with Gasteiger partial charge < -0.3 is 10.1 Å². The van der Waals surface area contributed by atoms with Crippen molar-refractivity contribution in [1.82, 2.24) is 14.8 Å². The molecule has 0 aliphatic heterocycles. The number of hydrogen-bond acceptors (Lipinski definition) is 4. The summed E-state index contributed by atoms with van der Waals surface area (Å²) in [6, 6.07) is 14.0. The van der Waals surface area contributed by atoms with Crippen LogP contribution in [0.2, 0.25) is 5.02 Å². The van der Waals surface area contributed by atoms with Gasteiger partial charge in [0, 0.05) is 10.4 Å². The highest BCUT2D eigenvalue weighted by Crippen LogP contribution is 2.22. The number of benzene rings is 2. The zero-order chi connectivity index (χ0) is 19.1. The number of nitrogens with zero attached hydrogens (tertiary/aromatic N) is 2. The van der Waals surface area contributed by atoms with Crippen LogP contribution < -0.4 is 11.0 Å². The van der Waals surface area contributed by atoms with E-state index in [2.05, 4.69) is 10.1 Å². The molecular weight excluding hydrogens is 366 g/mol. The summed E-state index contributed by atoms with van der Waals surface area (Å²) >= 11 is 5.97. The van der Waals surface area contributed by atoms with E-state index in [1.807, 2.05) is 37.3 Å². The third-order valence-electron chi connectivity index (χ3n) is 4.60. The van der Waals surface area contributed by atoms with Crippen LogP contribution in [0, 0.1) is 0 Å². The lowest BCUT2D eigenvalue weighted by Crippen LogP contribution is -2.30. The van der Waals surface area contributed by atoms with Crippen LogP contribution in [0.5, 0.6) is 5.88 Å². The summed E-state index contributed by atoms with van der Waals surface area (Å²) in [6.45, 7) is 1.82. The number of aromatic hydroxyl groups is 1. The van der Waals surface area contributed by atoms with Crippen molar-refractivity contribution in [2.75, 3.05) is 0 Å². The van der Waals surface area contributed by atoms with Crippen LogP contribution in [-0.2, 0) is 6.42 Å². The third kappa shape index (κ3) is 2.98. The number of aromatic nitrogens is 3. The Balaban J connectivity index is 1.94. The smallest absolute Gasteiger partial charge is 0.280 e. The van der Waals surface area contributed by atoms with Gasteiger partial charge in [-0.15, -0.1) is 5.10 Å². The number of fused-ring (bicyclic) bond motifs is 2. The number of pyridine rings is 1. The van der Waals surface area contributed by atoms with Crippen LogP contribution in [-0.4, -0.2) is 19.9 Å². The van der Waals surface area contributed by atoms with E-state index in [1.165, 1.54) is 4.68 Å². The summed E-state index contributed by atoms with van der Waals surface area (Å²) in [5, 5.41) is 15.1. The van der Waals surface area contributed by atoms with E-state index < -0.39 is 16.9 Å². The van der Waals surface area contributed by atoms with Crippen LogP contribution in [0.25, 0.3) is 21.8 Å². The van der Waals surface area contributed by atoms with Crippen LogP contribution >= 0.6 is 11.6 Å². The Kier molecular flexibility index (Phi) is 4.20. The largest absolute Gasteiger partial charge is 0.491 e. The molecule has 4 aromatic rings. The topological polar surface area (TPSA) is 88.0 Å². The molecule has 2 heterocycles. The van der Waals surface area contributed by atoms with Gasteiger partial charge in [-0.1, -0.05) is 41.9 Å². The van der Waals surface area contributed by atoms with Gasteiger partial charge in [0.2, 0.25) is 5.43 Å². The highest BCUT2D eigenvalue weighted by molar-refractivity contribution is 6.31. The molecule has 0 fully saturated rings. The van der Waals surface area contributed by atoms with E-state index in [9.17, 15) is 14.7 Å². The zero-order valence-corrected chi connectivity index (χ0v) is 15.2. The number of hydrogen-bond donors (Lipinski definition) is 2. The van der Waals surface area contributed by atoms with Gasteiger partial charge in [-0.2, -0.15) is 0 Å². The molecule has 27 heavy (non-hydrogen) atoms. The van der Waals surface area contributed by atoms with Gasteiger partial charge >= 0.3 is 0 Å². The predicted octanol–water partition coefficient (Wildman–Crippen LogP) is 3.40. The fraction of sp³-hybridized carbons (Fsp3) is 0.150. The standard InChI is InChI=1S/C20H16ClN3O3/c1-11(9-12-5-3-2-4-6-12)24-20(27)16-17(19(26)23-24)22-15-10-13(21)7-8-14(15)18(16)25/h2-8,10-11H,9H2,1H3,(H,22,25)(H,23,26). The quantitative estimate of drug-likeness (QED) is 0.532. The van der Waals surface area contributed by atoms with Crippen molar-refractivity contribution in [3.63, 3.8) is 0 Å². The Morgan fingerprint density at radius 2 is 1.93 bits per heavy atom. The highest BCUT2D eigenvalue weighted by Gasteiger charge is 2.19. The summed E-state index contributed by atoms with van der Waals surface area (Å²) in [7, 11) is 0. The molecule has 4 rings (SSSR count). The van der Waals surface area contributed by atoms with E-state index in [0.29, 0.717) is 22.3 Å². The molecule has 2 aromatic carbocycles. The molecule has 0 radical (unpaired) electrons. The Morgan fingerprint density at radius 1 is 1.19 bits per heavy atom. The molecule has 0 bridgehead atoms. The maximum atomic E-state index is 13.0. The maximum Gasteiger partial charge on any atom is 0.280 e. The summed E-state index contributed by atoms with van der Waals surface area (Å²) in [6.07, 6.45) is 0.541. The van der Waals surface area contributed by atoms with Crippen molar-refractivity contribution in [1.29, 1.82) is 0 Å². The molecule has 1 unspecified atom stereocenters. The normalized spacial score (nSPS) is 12.5. The zero-order valence-electron chi connectivity index (χ0n) is 14.4. The lowest BCUT2D eigenvalue weighted by atomic mass is 10.1. The van der Waals surface area contributed by atoms with Crippen molar-refractivity contribution >= 4 is 33.4 Å². The first-order valence-corrected chi connectivity index (χ1v) is 8.84. The Labute approximate surface area is 158 Å². The number of nitrogens with one attached hydrogen (secondary N) is 1. The van der Waals surface area contributed by atoms with Crippen LogP contribution in [0.3, 0.4) is 0 Å². The summed E-state index contributed by atoms with van der Waals surface area (Å²) < 4.78 is 1.17. The molecule has 1 atom stereocenters. The minimum absolute atomic E-state index is 0.0166. The van der Waals surface area contributed by atoms with Crippen molar-refractivity contribution in [2.24, 2.45) is 0 Å². The van der Waals surface area contributed by atoms with E-state index in [-0.39, 0.29) is 16.9 Å². The fourth-order valence-electron chi connectivity index (χ4n) is 3.29. The van der Waals surface area contributed by atoms with Gasteiger partial charge in [-0.25, -0.2) is 4.68 Å². The third-order valence-corrected chi connectivity index (χ3v) is 4.84. The number of rotatable bonds is 3. The number of halogens is 1. The minimum Gasteiger partial charge on any atom is -0.491 e. The lowest BCUT2D eigenvalue weighted by molar-refractivity contribution is 0.397. The molecule has 7 heteroatoms. The lowest BCUT2D eigenvalue weighted by Gasteiger charge is -2.15. The molecule has 136 valence electrons. The second kappa shape index (κ2) is 6.55. The van der Waals surface area contributed by atoms with Crippen LogP contribution in [0.15, 0.2) is 58.1 Å². The van der Waals surface area contributed by atoms with E-state index in [0.717, 1.165) is 5.56 Å². The van der Waals surface area contributed by atoms with E-state index >= 15 is 0 Å². The van der Waals surface area contributed by atoms with Crippen LogP contribution in [0.1, 0.15) is 18.5 Å². The van der Waals surface area contributed by atoms with Crippen molar-refractivity contribution in [2.45, 2.75) is 19.4 Å². The maximum absolute atomic E-state index is 13.0. The summed E-state index contributed by atoms with van der Waals surface area (Å²) in [5.74, 6) is -0.400. The molecule has 2 aromatic heterocycles. The predicted molar refractivity (Wildman–Crippen MR) is 106 cm³/mol. The molecule has 0 amide bonds. The Bertz CT molecular complexity index is 1280. The average Bonchev–Trinajstić information content (AvgIpc) is 2.65. The van der Waals surface area contributed by atoms with Gasteiger partial charge in [-0.3, -0.25) is 9.59 Å². The first-order valence-electron chi connectivity index (χ1n) is 8.46. The molecule has 0 aliphatic rings. The van der Waals surface area contributed by atoms with Crippen molar-refractivity contribution in [3.05, 3.63) is 79.7 Å². The monoisotopic (exact) mass is 381 g/mol. The SMILES string of the molecule is CC(Cc1ccccc1)n1nc(O)c2[nH]c3cc(Cl)ccc3c(=O)c2c1=O.